The zero-order chi connectivity index (χ0) is 22.0. The summed E-state index contributed by atoms with van der Waals surface area (Å²) in [7, 11) is 0. The lowest BCUT2D eigenvalue weighted by Crippen LogP contribution is -2.16. The van der Waals surface area contributed by atoms with Gasteiger partial charge in [-0.3, -0.25) is 9.36 Å². The Balaban J connectivity index is 1.67. The first-order valence-electron chi connectivity index (χ1n) is 9.61. The van der Waals surface area contributed by atoms with Crippen LogP contribution in [0, 0.1) is 18.6 Å². The quantitative estimate of drug-likeness (QED) is 0.280. The first-order chi connectivity index (χ1) is 14.9. The highest BCUT2D eigenvalue weighted by Crippen LogP contribution is 2.31. The summed E-state index contributed by atoms with van der Waals surface area (Å²) in [6.45, 7) is 4.02. The molecule has 2 aromatic carbocycles. The molecule has 0 saturated heterocycles. The van der Waals surface area contributed by atoms with E-state index in [4.69, 9.17) is 4.42 Å². The predicted octanol–water partition coefficient (Wildman–Crippen LogP) is 5.54. The molecule has 0 aliphatic carbocycles. The Morgan fingerprint density at radius 3 is 2.65 bits per heavy atom. The molecule has 8 heteroatoms. The molecule has 4 rings (SSSR count). The van der Waals surface area contributed by atoms with Gasteiger partial charge in [0.1, 0.15) is 17.4 Å². The molecule has 31 heavy (non-hydrogen) atoms. The molecule has 0 N–H and O–H groups in total. The number of rotatable bonds is 7. The number of aryl methyl sites for hydroxylation is 1. The van der Waals surface area contributed by atoms with Crippen LogP contribution in [0.1, 0.15) is 28.6 Å². The summed E-state index contributed by atoms with van der Waals surface area (Å²) in [5.74, 6) is -0.706. The van der Waals surface area contributed by atoms with Crippen LogP contribution in [0.3, 0.4) is 0 Å². The van der Waals surface area contributed by atoms with E-state index in [1.54, 1.807) is 19.3 Å². The van der Waals surface area contributed by atoms with Crippen molar-refractivity contribution in [2.24, 2.45) is 0 Å². The van der Waals surface area contributed by atoms with Crippen molar-refractivity contribution in [3.05, 3.63) is 89.4 Å². The summed E-state index contributed by atoms with van der Waals surface area (Å²) < 4.78 is 34.7. The van der Waals surface area contributed by atoms with Gasteiger partial charge in [0.05, 0.1) is 23.6 Å². The first kappa shape index (κ1) is 21.0. The molecule has 0 amide bonds. The van der Waals surface area contributed by atoms with Gasteiger partial charge in [-0.1, -0.05) is 36.0 Å². The van der Waals surface area contributed by atoms with E-state index in [1.807, 2.05) is 41.8 Å². The van der Waals surface area contributed by atoms with Crippen molar-refractivity contribution in [1.29, 1.82) is 0 Å². The van der Waals surface area contributed by atoms with Gasteiger partial charge in [0.15, 0.2) is 16.8 Å². The second-order valence-electron chi connectivity index (χ2n) is 7.04. The summed E-state index contributed by atoms with van der Waals surface area (Å²) in [4.78, 5) is 12.8. The Morgan fingerprint density at radius 2 is 1.94 bits per heavy atom. The van der Waals surface area contributed by atoms with Crippen LogP contribution < -0.4 is 0 Å². The number of nitrogens with zero attached hydrogens (tertiary/aromatic N) is 3. The molecule has 0 spiro atoms. The van der Waals surface area contributed by atoms with Crippen molar-refractivity contribution < 1.29 is 18.0 Å². The van der Waals surface area contributed by atoms with E-state index in [2.05, 4.69) is 10.2 Å². The van der Waals surface area contributed by atoms with Crippen molar-refractivity contribution >= 4 is 17.5 Å². The van der Waals surface area contributed by atoms with Crippen molar-refractivity contribution in [3.8, 4) is 11.4 Å². The third-order valence-electron chi connectivity index (χ3n) is 4.84. The monoisotopic (exact) mass is 439 g/mol. The third kappa shape index (κ3) is 4.44. The Morgan fingerprint density at radius 1 is 1.13 bits per heavy atom. The average molecular weight is 439 g/mol. The summed E-state index contributed by atoms with van der Waals surface area (Å²) >= 11 is 1.17. The smallest absolute Gasteiger partial charge is 0.192 e. The lowest BCUT2D eigenvalue weighted by molar-refractivity contribution is 0.0990. The molecule has 0 bridgehead atoms. The van der Waals surface area contributed by atoms with E-state index in [0.29, 0.717) is 29.4 Å². The number of carbonyl (C=O) groups is 1. The van der Waals surface area contributed by atoms with Crippen molar-refractivity contribution in [2.45, 2.75) is 30.8 Å². The highest BCUT2D eigenvalue weighted by atomic mass is 32.2. The molecule has 0 saturated carbocycles. The largest absolute Gasteiger partial charge is 0.467 e. The standard InChI is InChI=1S/C23H19F2N3O2S/c1-14-6-3-4-8-18(14)22-26-27-23(28(22)13-17-7-5-11-30-17)31-15(2)21(29)19-10-9-16(24)12-20(19)25/h3-12,15H,13H2,1-2H3. The summed E-state index contributed by atoms with van der Waals surface area (Å²) in [5, 5.41) is 8.49. The van der Waals surface area contributed by atoms with Gasteiger partial charge in [-0.15, -0.1) is 10.2 Å². The fraction of sp³-hybridized carbons (Fsp3) is 0.174. The molecular weight excluding hydrogens is 420 g/mol. The lowest BCUT2D eigenvalue weighted by atomic mass is 10.1. The SMILES string of the molecule is Cc1ccccc1-c1nnc(SC(C)C(=O)c2ccc(F)cc2F)n1Cc1ccco1. The summed E-state index contributed by atoms with van der Waals surface area (Å²) in [6, 6.07) is 14.4. The molecular formula is C23H19F2N3O2S. The highest BCUT2D eigenvalue weighted by molar-refractivity contribution is 8.00. The molecule has 0 aliphatic rings. The fourth-order valence-electron chi connectivity index (χ4n) is 3.22. The van der Waals surface area contributed by atoms with Gasteiger partial charge >= 0.3 is 0 Å². The minimum atomic E-state index is -0.880. The number of benzene rings is 2. The topological polar surface area (TPSA) is 60.9 Å². The number of carbonyl (C=O) groups excluding carboxylic acids is 1. The lowest BCUT2D eigenvalue weighted by Gasteiger charge is -2.13. The molecule has 0 fully saturated rings. The second kappa shape index (κ2) is 8.85. The van der Waals surface area contributed by atoms with E-state index in [0.717, 1.165) is 23.3 Å². The summed E-state index contributed by atoms with van der Waals surface area (Å²) in [5.41, 5.74) is 1.79. The van der Waals surface area contributed by atoms with Crippen LogP contribution in [0.25, 0.3) is 11.4 Å². The second-order valence-corrected chi connectivity index (χ2v) is 8.34. The maximum Gasteiger partial charge on any atom is 0.192 e. The summed E-state index contributed by atoms with van der Waals surface area (Å²) in [6.07, 6.45) is 1.59. The van der Waals surface area contributed by atoms with Crippen LogP contribution in [-0.2, 0) is 6.54 Å². The Bertz CT molecular complexity index is 1220. The molecule has 0 aliphatic heterocycles. The van der Waals surface area contributed by atoms with E-state index in [1.165, 1.54) is 11.8 Å². The van der Waals surface area contributed by atoms with Gasteiger partial charge in [-0.2, -0.15) is 0 Å². The van der Waals surface area contributed by atoms with E-state index >= 15 is 0 Å². The molecule has 4 aromatic rings. The van der Waals surface area contributed by atoms with Crippen LogP contribution in [0.4, 0.5) is 8.78 Å². The van der Waals surface area contributed by atoms with Gasteiger partial charge in [-0.25, -0.2) is 8.78 Å². The van der Waals surface area contributed by atoms with E-state index in [-0.39, 0.29) is 5.56 Å². The molecule has 1 unspecified atom stereocenters. The first-order valence-corrected chi connectivity index (χ1v) is 10.5. The number of aromatic nitrogens is 3. The van der Waals surface area contributed by atoms with Crippen LogP contribution in [0.5, 0.6) is 0 Å². The average Bonchev–Trinajstić information content (AvgIpc) is 3.39. The van der Waals surface area contributed by atoms with Gasteiger partial charge in [0.25, 0.3) is 0 Å². The Labute approximate surface area is 182 Å². The van der Waals surface area contributed by atoms with Crippen molar-refractivity contribution in [3.63, 3.8) is 0 Å². The van der Waals surface area contributed by atoms with Crippen LogP contribution in [-0.4, -0.2) is 25.8 Å². The number of hydrogen-bond acceptors (Lipinski definition) is 5. The number of hydrogen-bond donors (Lipinski definition) is 0. The molecule has 2 heterocycles. The van der Waals surface area contributed by atoms with E-state index in [9.17, 15) is 13.6 Å². The third-order valence-corrected chi connectivity index (χ3v) is 5.93. The molecule has 5 nitrogen and oxygen atoms in total. The molecule has 1 atom stereocenters. The van der Waals surface area contributed by atoms with Crippen LogP contribution in [0.2, 0.25) is 0 Å². The fourth-order valence-corrected chi connectivity index (χ4v) is 4.14. The maximum atomic E-state index is 14.1. The molecule has 0 radical (unpaired) electrons. The number of furan rings is 1. The van der Waals surface area contributed by atoms with Crippen LogP contribution >= 0.6 is 11.8 Å². The molecule has 158 valence electrons. The van der Waals surface area contributed by atoms with Crippen LogP contribution in [0.15, 0.2) is 70.4 Å². The van der Waals surface area contributed by atoms with E-state index < -0.39 is 22.7 Å². The minimum Gasteiger partial charge on any atom is -0.467 e. The Hall–Kier alpha value is -3.26. The number of ketones is 1. The number of halogens is 2. The normalized spacial score (nSPS) is 12.1. The maximum absolute atomic E-state index is 14.1. The zero-order valence-electron chi connectivity index (χ0n) is 16.9. The van der Waals surface area contributed by atoms with Crippen molar-refractivity contribution in [1.82, 2.24) is 14.8 Å². The zero-order valence-corrected chi connectivity index (χ0v) is 17.7. The predicted molar refractivity (Wildman–Crippen MR) is 114 cm³/mol. The van der Waals surface area contributed by atoms with Crippen molar-refractivity contribution in [2.75, 3.05) is 0 Å². The van der Waals surface area contributed by atoms with Gasteiger partial charge < -0.3 is 4.42 Å². The van der Waals surface area contributed by atoms with Gasteiger partial charge in [0.2, 0.25) is 0 Å². The van der Waals surface area contributed by atoms with Gasteiger partial charge in [0, 0.05) is 11.6 Å². The minimum absolute atomic E-state index is 0.155. The Kier molecular flexibility index (Phi) is 5.99. The molecule has 2 aromatic heterocycles. The van der Waals surface area contributed by atoms with Gasteiger partial charge in [-0.05, 0) is 43.7 Å². The highest BCUT2D eigenvalue weighted by Gasteiger charge is 2.24. The number of Topliss-reactive ketones (excluding diaryl/α,β-unsaturated/α-hetero) is 1. The number of thioether (sulfide) groups is 1.